The Morgan fingerprint density at radius 2 is 1.69 bits per heavy atom. The average molecular weight is 184 g/mol. The van der Waals surface area contributed by atoms with Crippen molar-refractivity contribution >= 4 is 0 Å². The third kappa shape index (κ3) is 4.10. The number of likely N-dealkylation sites (tertiary alicyclic amines) is 1. The van der Waals surface area contributed by atoms with E-state index in [1.54, 1.807) is 0 Å². The maximum atomic E-state index is 2.61. The largest absolute Gasteiger partial charge is 0.308 e. The fourth-order valence-corrected chi connectivity index (χ4v) is 2.32. The molecule has 0 aliphatic carbocycles. The van der Waals surface area contributed by atoms with Gasteiger partial charge in [-0.3, -0.25) is 0 Å². The molecular weight excluding hydrogens is 160 g/mol. The molecule has 1 rings (SSSR count). The van der Waals surface area contributed by atoms with Crippen LogP contribution in [-0.2, 0) is 0 Å². The molecule has 0 amide bonds. The van der Waals surface area contributed by atoms with Crippen molar-refractivity contribution in [3.63, 3.8) is 0 Å². The van der Waals surface area contributed by atoms with Gasteiger partial charge in [0.2, 0.25) is 0 Å². The molecule has 1 aliphatic rings. The van der Waals surface area contributed by atoms with Crippen molar-refractivity contribution in [2.75, 3.05) is 40.3 Å². The third-order valence-corrected chi connectivity index (χ3v) is 2.81. The number of nitrogens with zero attached hydrogens (tertiary/aromatic N) is 2. The van der Waals surface area contributed by atoms with Gasteiger partial charge in [-0.1, -0.05) is 13.8 Å². The summed E-state index contributed by atoms with van der Waals surface area (Å²) in [7, 11) is 4.30. The third-order valence-electron chi connectivity index (χ3n) is 2.81. The molecule has 2 heteroatoms. The lowest BCUT2D eigenvalue weighted by molar-refractivity contribution is 0.131. The van der Waals surface area contributed by atoms with E-state index in [9.17, 15) is 0 Å². The second-order valence-corrected chi connectivity index (χ2v) is 5.01. The Bertz CT molecular complexity index is 135. The number of rotatable bonds is 3. The second kappa shape index (κ2) is 4.97. The first-order chi connectivity index (χ1) is 6.08. The fourth-order valence-electron chi connectivity index (χ4n) is 2.32. The SMILES string of the molecule is CC1CC(C)CN(CCN(C)C)C1. The Morgan fingerprint density at radius 1 is 1.15 bits per heavy atom. The quantitative estimate of drug-likeness (QED) is 0.656. The van der Waals surface area contributed by atoms with Crippen LogP contribution in [0.4, 0.5) is 0 Å². The van der Waals surface area contributed by atoms with Gasteiger partial charge in [0.1, 0.15) is 0 Å². The van der Waals surface area contributed by atoms with Gasteiger partial charge in [-0.15, -0.1) is 0 Å². The Morgan fingerprint density at radius 3 is 2.15 bits per heavy atom. The summed E-state index contributed by atoms with van der Waals surface area (Å²) in [5.74, 6) is 1.79. The first-order valence-electron chi connectivity index (χ1n) is 5.45. The number of piperidine rings is 1. The highest BCUT2D eigenvalue weighted by Crippen LogP contribution is 2.20. The molecule has 0 radical (unpaired) electrons. The minimum Gasteiger partial charge on any atom is -0.308 e. The van der Waals surface area contributed by atoms with E-state index in [1.807, 2.05) is 0 Å². The lowest BCUT2D eigenvalue weighted by atomic mass is 9.92. The van der Waals surface area contributed by atoms with E-state index in [0.717, 1.165) is 11.8 Å². The van der Waals surface area contributed by atoms with Gasteiger partial charge in [0.15, 0.2) is 0 Å². The standard InChI is InChI=1S/C11H24N2/c1-10-7-11(2)9-13(8-10)6-5-12(3)4/h10-11H,5-9H2,1-4H3. The topological polar surface area (TPSA) is 6.48 Å². The van der Waals surface area contributed by atoms with Crippen LogP contribution in [0.2, 0.25) is 0 Å². The summed E-state index contributed by atoms with van der Waals surface area (Å²) < 4.78 is 0. The van der Waals surface area contributed by atoms with Crippen LogP contribution < -0.4 is 0 Å². The highest BCUT2D eigenvalue weighted by molar-refractivity contribution is 4.74. The molecule has 1 heterocycles. The molecule has 1 aliphatic heterocycles. The molecule has 1 fully saturated rings. The molecular formula is C11H24N2. The second-order valence-electron chi connectivity index (χ2n) is 5.01. The van der Waals surface area contributed by atoms with E-state index in [1.165, 1.54) is 32.6 Å². The van der Waals surface area contributed by atoms with Crippen molar-refractivity contribution in [2.45, 2.75) is 20.3 Å². The van der Waals surface area contributed by atoms with Crippen molar-refractivity contribution in [1.29, 1.82) is 0 Å². The molecule has 1 saturated heterocycles. The van der Waals surface area contributed by atoms with E-state index in [4.69, 9.17) is 0 Å². The van der Waals surface area contributed by atoms with Crippen LogP contribution in [-0.4, -0.2) is 50.1 Å². The van der Waals surface area contributed by atoms with Crippen molar-refractivity contribution in [2.24, 2.45) is 11.8 Å². The van der Waals surface area contributed by atoms with E-state index in [-0.39, 0.29) is 0 Å². The van der Waals surface area contributed by atoms with E-state index in [0.29, 0.717) is 0 Å². The Labute approximate surface area is 82.9 Å². The maximum Gasteiger partial charge on any atom is 0.0109 e. The zero-order valence-electron chi connectivity index (χ0n) is 9.58. The van der Waals surface area contributed by atoms with Crippen LogP contribution in [0, 0.1) is 11.8 Å². The molecule has 0 bridgehead atoms. The summed E-state index contributed by atoms with van der Waals surface area (Å²) in [5, 5.41) is 0. The molecule has 0 aromatic carbocycles. The Balaban J connectivity index is 2.25. The van der Waals surface area contributed by atoms with Gasteiger partial charge >= 0.3 is 0 Å². The van der Waals surface area contributed by atoms with Crippen LogP contribution in [0.1, 0.15) is 20.3 Å². The maximum absolute atomic E-state index is 2.61. The number of hydrogen-bond donors (Lipinski definition) is 0. The molecule has 0 aromatic rings. The van der Waals surface area contributed by atoms with E-state index >= 15 is 0 Å². The smallest absolute Gasteiger partial charge is 0.0109 e. The van der Waals surface area contributed by atoms with Crippen LogP contribution in [0.25, 0.3) is 0 Å². The molecule has 13 heavy (non-hydrogen) atoms. The van der Waals surface area contributed by atoms with Gasteiger partial charge < -0.3 is 9.80 Å². The molecule has 78 valence electrons. The van der Waals surface area contributed by atoms with Crippen molar-refractivity contribution in [3.8, 4) is 0 Å². The molecule has 2 atom stereocenters. The van der Waals surface area contributed by atoms with Crippen molar-refractivity contribution in [3.05, 3.63) is 0 Å². The lowest BCUT2D eigenvalue weighted by Gasteiger charge is -2.35. The van der Waals surface area contributed by atoms with Gasteiger partial charge in [0.25, 0.3) is 0 Å². The summed E-state index contributed by atoms with van der Waals surface area (Å²) in [6.07, 6.45) is 1.42. The summed E-state index contributed by atoms with van der Waals surface area (Å²) >= 11 is 0. The van der Waals surface area contributed by atoms with Gasteiger partial charge in [0.05, 0.1) is 0 Å². The van der Waals surface area contributed by atoms with Gasteiger partial charge in [-0.2, -0.15) is 0 Å². The fraction of sp³-hybridized carbons (Fsp3) is 1.00. The van der Waals surface area contributed by atoms with Gasteiger partial charge in [-0.05, 0) is 32.4 Å². The van der Waals surface area contributed by atoms with Gasteiger partial charge in [-0.25, -0.2) is 0 Å². The van der Waals surface area contributed by atoms with Crippen LogP contribution in [0.15, 0.2) is 0 Å². The molecule has 0 N–H and O–H groups in total. The summed E-state index contributed by atoms with van der Waals surface area (Å²) in [6, 6.07) is 0. The number of hydrogen-bond acceptors (Lipinski definition) is 2. The van der Waals surface area contributed by atoms with Crippen molar-refractivity contribution in [1.82, 2.24) is 9.80 Å². The zero-order chi connectivity index (χ0) is 9.84. The van der Waals surface area contributed by atoms with Crippen LogP contribution in [0.5, 0.6) is 0 Å². The first kappa shape index (κ1) is 11.0. The minimum absolute atomic E-state index is 0.894. The monoisotopic (exact) mass is 184 g/mol. The summed E-state index contributed by atoms with van der Waals surface area (Å²) in [6.45, 7) is 9.79. The zero-order valence-corrected chi connectivity index (χ0v) is 9.58. The van der Waals surface area contributed by atoms with E-state index < -0.39 is 0 Å². The Kier molecular flexibility index (Phi) is 4.20. The Hall–Kier alpha value is -0.0800. The minimum atomic E-state index is 0.894. The highest BCUT2D eigenvalue weighted by atomic mass is 15.2. The average Bonchev–Trinajstić information content (AvgIpc) is 1.99. The van der Waals surface area contributed by atoms with Crippen LogP contribution in [0.3, 0.4) is 0 Å². The van der Waals surface area contributed by atoms with E-state index in [2.05, 4.69) is 37.7 Å². The van der Waals surface area contributed by atoms with Crippen LogP contribution >= 0.6 is 0 Å². The molecule has 0 saturated carbocycles. The molecule has 2 unspecified atom stereocenters. The first-order valence-corrected chi connectivity index (χ1v) is 5.45. The molecule has 2 nitrogen and oxygen atoms in total. The van der Waals surface area contributed by atoms with Crippen molar-refractivity contribution < 1.29 is 0 Å². The van der Waals surface area contributed by atoms with Gasteiger partial charge in [0, 0.05) is 26.2 Å². The normalized spacial score (nSPS) is 31.2. The highest BCUT2D eigenvalue weighted by Gasteiger charge is 2.20. The molecule has 0 aromatic heterocycles. The number of likely N-dealkylation sites (N-methyl/N-ethyl adjacent to an activating group) is 1. The summed E-state index contributed by atoms with van der Waals surface area (Å²) in [5.41, 5.74) is 0. The predicted molar refractivity (Wildman–Crippen MR) is 57.9 cm³/mol. The lowest BCUT2D eigenvalue weighted by Crippen LogP contribution is -2.41. The predicted octanol–water partition coefficient (Wildman–Crippen LogP) is 1.53. The molecule has 0 spiro atoms. The summed E-state index contributed by atoms with van der Waals surface area (Å²) in [4.78, 5) is 4.88.